The van der Waals surface area contributed by atoms with E-state index < -0.39 is 0 Å². The molecule has 1 heteroatoms. The summed E-state index contributed by atoms with van der Waals surface area (Å²) in [5, 5.41) is 3.41. The summed E-state index contributed by atoms with van der Waals surface area (Å²) in [7, 11) is 0. The van der Waals surface area contributed by atoms with Crippen LogP contribution < -0.4 is 5.32 Å². The monoisotopic (exact) mass is 181 g/mol. The van der Waals surface area contributed by atoms with E-state index in [1.54, 1.807) is 0 Å². The summed E-state index contributed by atoms with van der Waals surface area (Å²) in [6, 6.07) is 0. The molecule has 0 aromatic rings. The van der Waals surface area contributed by atoms with Crippen molar-refractivity contribution in [3.8, 4) is 12.3 Å². The molecule has 0 spiro atoms. The maximum Gasteiger partial charge on any atom is 0.0211 e. The van der Waals surface area contributed by atoms with Gasteiger partial charge < -0.3 is 5.32 Å². The number of rotatable bonds is 6. The number of terminal acetylenes is 1. The van der Waals surface area contributed by atoms with Gasteiger partial charge in [0.15, 0.2) is 0 Å². The second-order valence-corrected chi connectivity index (χ2v) is 4.31. The van der Waals surface area contributed by atoms with Crippen molar-refractivity contribution < 1.29 is 0 Å². The lowest BCUT2D eigenvalue weighted by molar-refractivity contribution is 0.277. The fourth-order valence-electron chi connectivity index (χ4n) is 1.67. The molecule has 0 aliphatic rings. The zero-order valence-electron chi connectivity index (χ0n) is 9.43. The quantitative estimate of drug-likeness (QED) is 0.490. The van der Waals surface area contributed by atoms with Crippen molar-refractivity contribution in [2.24, 2.45) is 17.8 Å². The average molecular weight is 181 g/mol. The van der Waals surface area contributed by atoms with Crippen LogP contribution in [0.25, 0.3) is 0 Å². The first-order valence-corrected chi connectivity index (χ1v) is 5.23. The molecule has 0 aliphatic heterocycles. The predicted molar refractivity (Wildman–Crippen MR) is 59.5 cm³/mol. The highest BCUT2D eigenvalue weighted by Gasteiger charge is 2.16. The zero-order valence-corrected chi connectivity index (χ0v) is 9.43. The van der Waals surface area contributed by atoms with Crippen LogP contribution in [-0.2, 0) is 0 Å². The van der Waals surface area contributed by atoms with Gasteiger partial charge in [-0.15, -0.1) is 12.3 Å². The van der Waals surface area contributed by atoms with Crippen LogP contribution in [0.5, 0.6) is 0 Å². The third-order valence-electron chi connectivity index (χ3n) is 2.54. The largest absolute Gasteiger partial charge is 0.315 e. The Hall–Kier alpha value is -0.480. The van der Waals surface area contributed by atoms with E-state index in [4.69, 9.17) is 6.42 Å². The lowest BCUT2D eigenvalue weighted by Crippen LogP contribution is -2.30. The normalized spacial score (nSPS) is 11.2. The summed E-state index contributed by atoms with van der Waals surface area (Å²) in [4.78, 5) is 0. The molecule has 0 aromatic heterocycles. The first-order chi connectivity index (χ1) is 6.09. The van der Waals surface area contributed by atoms with Gasteiger partial charge in [-0.25, -0.2) is 0 Å². The van der Waals surface area contributed by atoms with E-state index in [2.05, 4.69) is 38.9 Å². The molecule has 13 heavy (non-hydrogen) atoms. The second kappa shape index (κ2) is 6.97. The number of hydrogen-bond donors (Lipinski definition) is 1. The first-order valence-electron chi connectivity index (χ1n) is 5.23. The molecule has 1 N–H and O–H groups in total. The van der Waals surface area contributed by atoms with Crippen molar-refractivity contribution in [1.29, 1.82) is 0 Å². The van der Waals surface area contributed by atoms with Gasteiger partial charge in [-0.05, 0) is 24.3 Å². The topological polar surface area (TPSA) is 12.0 Å². The third kappa shape index (κ3) is 5.71. The van der Waals surface area contributed by atoms with Gasteiger partial charge in [0.05, 0.1) is 0 Å². The van der Waals surface area contributed by atoms with Crippen molar-refractivity contribution >= 4 is 0 Å². The molecule has 0 heterocycles. The molecule has 0 atom stereocenters. The van der Waals surface area contributed by atoms with Crippen molar-refractivity contribution in [1.82, 2.24) is 5.32 Å². The van der Waals surface area contributed by atoms with Crippen molar-refractivity contribution in [2.75, 3.05) is 13.1 Å². The summed E-state index contributed by atoms with van der Waals surface area (Å²) in [5.41, 5.74) is 0. The average Bonchev–Trinajstić information content (AvgIpc) is 2.02. The lowest BCUT2D eigenvalue weighted by Gasteiger charge is -2.24. The van der Waals surface area contributed by atoms with Crippen LogP contribution in [0, 0.1) is 30.1 Å². The molecule has 0 rings (SSSR count). The maximum atomic E-state index is 5.17. The van der Waals surface area contributed by atoms with E-state index in [9.17, 15) is 0 Å². The van der Waals surface area contributed by atoms with Gasteiger partial charge in [-0.2, -0.15) is 0 Å². The van der Waals surface area contributed by atoms with Crippen molar-refractivity contribution in [3.63, 3.8) is 0 Å². The fraction of sp³-hybridized carbons (Fsp3) is 0.833. The van der Waals surface area contributed by atoms with Crippen LogP contribution >= 0.6 is 0 Å². The highest BCUT2D eigenvalue weighted by Crippen LogP contribution is 2.19. The molecule has 0 unspecified atom stereocenters. The molecular formula is C12H23N. The Labute approximate surface area is 83.3 Å². The van der Waals surface area contributed by atoms with E-state index in [0.717, 1.165) is 37.3 Å². The van der Waals surface area contributed by atoms with Gasteiger partial charge in [-0.1, -0.05) is 27.7 Å². The Morgan fingerprint density at radius 1 is 1.15 bits per heavy atom. The Bertz CT molecular complexity index is 145. The van der Waals surface area contributed by atoms with Gasteiger partial charge in [-0.3, -0.25) is 0 Å². The van der Waals surface area contributed by atoms with Gasteiger partial charge in [0.25, 0.3) is 0 Å². The molecular weight excluding hydrogens is 158 g/mol. The Morgan fingerprint density at radius 3 is 2.08 bits per heavy atom. The van der Waals surface area contributed by atoms with Crippen LogP contribution in [0.1, 0.15) is 34.1 Å². The van der Waals surface area contributed by atoms with E-state index in [1.165, 1.54) is 0 Å². The minimum Gasteiger partial charge on any atom is -0.315 e. The molecule has 0 aromatic carbocycles. The van der Waals surface area contributed by atoms with Gasteiger partial charge in [0, 0.05) is 13.0 Å². The fourth-order valence-corrected chi connectivity index (χ4v) is 1.67. The molecule has 76 valence electrons. The molecule has 0 amide bonds. The van der Waals surface area contributed by atoms with E-state index in [1.807, 2.05) is 0 Å². The lowest BCUT2D eigenvalue weighted by atomic mass is 9.85. The summed E-state index contributed by atoms with van der Waals surface area (Å²) >= 11 is 0. The standard InChI is InChI=1S/C12H23N/c1-6-7-8-13-9-12(10(2)3)11(4)5/h1,10-13H,7-9H2,2-5H3. The van der Waals surface area contributed by atoms with Crippen LogP contribution in [0.3, 0.4) is 0 Å². The molecule has 0 saturated heterocycles. The highest BCUT2D eigenvalue weighted by atomic mass is 14.9. The second-order valence-electron chi connectivity index (χ2n) is 4.31. The zero-order chi connectivity index (χ0) is 10.3. The molecule has 0 saturated carbocycles. The van der Waals surface area contributed by atoms with Crippen LogP contribution in [0.15, 0.2) is 0 Å². The van der Waals surface area contributed by atoms with Crippen LogP contribution in [0.4, 0.5) is 0 Å². The minimum atomic E-state index is 0.748. The number of hydrogen-bond acceptors (Lipinski definition) is 1. The van der Waals surface area contributed by atoms with Crippen molar-refractivity contribution in [3.05, 3.63) is 0 Å². The smallest absolute Gasteiger partial charge is 0.0211 e. The summed E-state index contributed by atoms with van der Waals surface area (Å²) in [6.07, 6.45) is 6.01. The van der Waals surface area contributed by atoms with Crippen LogP contribution in [-0.4, -0.2) is 13.1 Å². The predicted octanol–water partition coefficient (Wildman–Crippen LogP) is 2.53. The Kier molecular flexibility index (Phi) is 6.72. The van der Waals surface area contributed by atoms with Gasteiger partial charge >= 0.3 is 0 Å². The molecule has 0 bridgehead atoms. The van der Waals surface area contributed by atoms with Crippen LogP contribution in [0.2, 0.25) is 0 Å². The Balaban J connectivity index is 3.65. The highest BCUT2D eigenvalue weighted by molar-refractivity contribution is 4.84. The van der Waals surface area contributed by atoms with E-state index in [-0.39, 0.29) is 0 Å². The molecule has 0 aliphatic carbocycles. The Morgan fingerprint density at radius 2 is 1.69 bits per heavy atom. The molecule has 0 radical (unpaired) electrons. The minimum absolute atomic E-state index is 0.748. The third-order valence-corrected chi connectivity index (χ3v) is 2.54. The first kappa shape index (κ1) is 12.5. The summed E-state index contributed by atoms with van der Waals surface area (Å²) in [6.45, 7) is 11.2. The molecule has 1 nitrogen and oxygen atoms in total. The molecule has 0 fully saturated rings. The van der Waals surface area contributed by atoms with Crippen molar-refractivity contribution in [2.45, 2.75) is 34.1 Å². The van der Waals surface area contributed by atoms with E-state index in [0.29, 0.717) is 0 Å². The van der Waals surface area contributed by atoms with Gasteiger partial charge in [0.1, 0.15) is 0 Å². The van der Waals surface area contributed by atoms with E-state index >= 15 is 0 Å². The van der Waals surface area contributed by atoms with Gasteiger partial charge in [0.2, 0.25) is 0 Å². The summed E-state index contributed by atoms with van der Waals surface area (Å²) in [5.74, 6) is 4.90. The number of nitrogens with one attached hydrogen (secondary N) is 1. The SMILES string of the molecule is C#CCCNCC(C(C)C)C(C)C. The summed E-state index contributed by atoms with van der Waals surface area (Å²) < 4.78 is 0. The maximum absolute atomic E-state index is 5.17.